The van der Waals surface area contributed by atoms with E-state index >= 15 is 0 Å². The Bertz CT molecular complexity index is 1090. The summed E-state index contributed by atoms with van der Waals surface area (Å²) >= 11 is 0. The monoisotopic (exact) mass is 489 g/mol. The summed E-state index contributed by atoms with van der Waals surface area (Å²) in [7, 11) is 4.35. The fourth-order valence-corrected chi connectivity index (χ4v) is 6.49. The molecule has 1 N–H and O–H groups in total. The molecule has 3 fully saturated rings. The third-order valence-electron chi connectivity index (χ3n) is 9.03. The van der Waals surface area contributed by atoms with Gasteiger partial charge in [0.15, 0.2) is 0 Å². The summed E-state index contributed by atoms with van der Waals surface area (Å²) in [5, 5.41) is 2.98. The maximum absolute atomic E-state index is 13.7. The Labute approximate surface area is 214 Å². The standard InChI is InChI=1S/C29H39N5O2/c1-22-18-30-17-12-25(22)31-26(35)20-33-21-28(34(27(33)36)19-23-8-7-9-23)13-15-29(16-14-28,32(2)3)24-10-5-4-6-11-24/h4-6,10-12,17-18,23H,7-9,13-16,19-21H2,1-3H3,(H,30,31,35). The van der Waals surface area contributed by atoms with E-state index in [0.29, 0.717) is 12.5 Å². The molecule has 3 amide bonds. The number of aryl methyl sites for hydroxylation is 1. The van der Waals surface area contributed by atoms with E-state index < -0.39 is 0 Å². The van der Waals surface area contributed by atoms with Crippen LogP contribution in [0.5, 0.6) is 0 Å². The van der Waals surface area contributed by atoms with Crippen LogP contribution in [0.25, 0.3) is 0 Å². The van der Waals surface area contributed by atoms with E-state index in [0.717, 1.165) is 43.5 Å². The van der Waals surface area contributed by atoms with E-state index in [1.165, 1.54) is 24.8 Å². The molecule has 0 bridgehead atoms. The van der Waals surface area contributed by atoms with Gasteiger partial charge in [0.2, 0.25) is 5.91 Å². The Morgan fingerprint density at radius 2 is 1.83 bits per heavy atom. The number of urea groups is 1. The zero-order valence-corrected chi connectivity index (χ0v) is 21.9. The molecule has 192 valence electrons. The summed E-state index contributed by atoms with van der Waals surface area (Å²) in [4.78, 5) is 37.1. The average molecular weight is 490 g/mol. The normalized spacial score (nSPS) is 26.5. The van der Waals surface area contributed by atoms with Crippen LogP contribution in [0.1, 0.15) is 56.1 Å². The van der Waals surface area contributed by atoms with Gasteiger partial charge in [-0.1, -0.05) is 36.8 Å². The molecule has 2 aromatic rings. The molecular weight excluding hydrogens is 450 g/mol. The number of anilines is 1. The largest absolute Gasteiger partial charge is 0.324 e. The Kier molecular flexibility index (Phi) is 6.77. The summed E-state index contributed by atoms with van der Waals surface area (Å²) < 4.78 is 0. The number of benzene rings is 1. The fraction of sp³-hybridized carbons (Fsp3) is 0.552. The lowest BCUT2D eigenvalue weighted by Gasteiger charge is -2.51. The number of hydrogen-bond acceptors (Lipinski definition) is 4. The molecule has 0 radical (unpaired) electrons. The van der Waals surface area contributed by atoms with Crippen molar-refractivity contribution in [3.8, 4) is 0 Å². The first-order chi connectivity index (χ1) is 17.3. The van der Waals surface area contributed by atoms with Crippen molar-refractivity contribution in [3.05, 3.63) is 59.9 Å². The molecule has 1 saturated heterocycles. The predicted molar refractivity (Wildman–Crippen MR) is 142 cm³/mol. The van der Waals surface area contributed by atoms with Crippen molar-refractivity contribution in [3.63, 3.8) is 0 Å². The number of rotatable bonds is 7. The van der Waals surface area contributed by atoms with Crippen LogP contribution in [0.3, 0.4) is 0 Å². The first-order valence-corrected chi connectivity index (χ1v) is 13.3. The summed E-state index contributed by atoms with van der Waals surface area (Å²) in [6.45, 7) is 3.45. The predicted octanol–water partition coefficient (Wildman–Crippen LogP) is 4.64. The Hall–Kier alpha value is -2.93. The van der Waals surface area contributed by atoms with E-state index in [2.05, 4.69) is 64.5 Å². The second-order valence-electron chi connectivity index (χ2n) is 11.3. The summed E-state index contributed by atoms with van der Waals surface area (Å²) in [6.07, 6.45) is 10.9. The van der Waals surface area contributed by atoms with Gasteiger partial charge in [-0.15, -0.1) is 0 Å². The molecule has 2 aliphatic carbocycles. The second-order valence-corrected chi connectivity index (χ2v) is 11.3. The molecule has 1 aromatic heterocycles. The molecule has 1 aliphatic heterocycles. The molecule has 2 saturated carbocycles. The van der Waals surface area contributed by atoms with E-state index in [9.17, 15) is 9.59 Å². The van der Waals surface area contributed by atoms with E-state index in [4.69, 9.17) is 0 Å². The zero-order valence-electron chi connectivity index (χ0n) is 21.9. The molecule has 0 unspecified atom stereocenters. The molecule has 0 atom stereocenters. The van der Waals surface area contributed by atoms with Gasteiger partial charge >= 0.3 is 6.03 Å². The number of carbonyl (C=O) groups is 2. The number of amides is 3. The van der Waals surface area contributed by atoms with Gasteiger partial charge in [0.25, 0.3) is 0 Å². The van der Waals surface area contributed by atoms with Crippen LogP contribution in [0.2, 0.25) is 0 Å². The molecule has 36 heavy (non-hydrogen) atoms. The molecule has 3 aliphatic rings. The molecular formula is C29H39N5O2. The SMILES string of the molecule is Cc1cnccc1NC(=O)CN1CC2(CCC(c3ccccc3)(N(C)C)CC2)N(CC2CCC2)C1=O. The highest BCUT2D eigenvalue weighted by atomic mass is 16.2. The second kappa shape index (κ2) is 9.85. The number of nitrogens with one attached hydrogen (secondary N) is 1. The highest BCUT2D eigenvalue weighted by molar-refractivity contribution is 5.95. The lowest BCUT2D eigenvalue weighted by atomic mass is 9.68. The smallest absolute Gasteiger partial charge is 0.321 e. The van der Waals surface area contributed by atoms with Gasteiger partial charge < -0.3 is 15.1 Å². The van der Waals surface area contributed by atoms with Gasteiger partial charge in [-0.3, -0.25) is 14.7 Å². The van der Waals surface area contributed by atoms with Crippen LogP contribution < -0.4 is 5.32 Å². The van der Waals surface area contributed by atoms with Gasteiger partial charge in [-0.25, -0.2) is 4.79 Å². The van der Waals surface area contributed by atoms with Crippen molar-refractivity contribution in [1.82, 2.24) is 19.7 Å². The van der Waals surface area contributed by atoms with Crippen LogP contribution in [-0.4, -0.2) is 70.9 Å². The van der Waals surface area contributed by atoms with E-state index in [1.54, 1.807) is 23.4 Å². The maximum Gasteiger partial charge on any atom is 0.321 e. The molecule has 7 nitrogen and oxygen atoms in total. The first-order valence-electron chi connectivity index (χ1n) is 13.3. The van der Waals surface area contributed by atoms with Crippen LogP contribution in [0, 0.1) is 12.8 Å². The third-order valence-corrected chi connectivity index (χ3v) is 9.03. The molecule has 7 heteroatoms. The number of hydrogen-bond donors (Lipinski definition) is 1. The molecule has 1 aromatic carbocycles. The number of carbonyl (C=O) groups excluding carboxylic acids is 2. The van der Waals surface area contributed by atoms with Crippen LogP contribution in [0.15, 0.2) is 48.8 Å². The van der Waals surface area contributed by atoms with Crippen molar-refractivity contribution in [2.45, 2.75) is 62.9 Å². The summed E-state index contributed by atoms with van der Waals surface area (Å²) in [5.41, 5.74) is 2.78. The Morgan fingerprint density at radius 3 is 2.44 bits per heavy atom. The Balaban J connectivity index is 1.35. The number of pyridine rings is 1. The fourth-order valence-electron chi connectivity index (χ4n) is 6.49. The Morgan fingerprint density at radius 1 is 1.11 bits per heavy atom. The summed E-state index contributed by atoms with van der Waals surface area (Å²) in [5.74, 6) is 0.440. The minimum atomic E-state index is -0.201. The highest BCUT2D eigenvalue weighted by Gasteiger charge is 2.55. The average Bonchev–Trinajstić information content (AvgIpc) is 3.08. The van der Waals surface area contributed by atoms with Gasteiger partial charge in [0.1, 0.15) is 6.54 Å². The van der Waals surface area contributed by atoms with Gasteiger partial charge in [0.05, 0.1) is 5.54 Å². The number of aromatic nitrogens is 1. The van der Waals surface area contributed by atoms with Crippen molar-refractivity contribution < 1.29 is 9.59 Å². The van der Waals surface area contributed by atoms with Crippen LogP contribution in [-0.2, 0) is 10.3 Å². The lowest BCUT2D eigenvalue weighted by molar-refractivity contribution is -0.116. The summed E-state index contributed by atoms with van der Waals surface area (Å²) in [6, 6.07) is 12.6. The third kappa shape index (κ3) is 4.49. The van der Waals surface area contributed by atoms with Crippen molar-refractivity contribution in [2.24, 2.45) is 5.92 Å². The van der Waals surface area contributed by atoms with Gasteiger partial charge in [0, 0.05) is 36.7 Å². The maximum atomic E-state index is 13.7. The molecule has 1 spiro atoms. The van der Waals surface area contributed by atoms with Crippen molar-refractivity contribution in [1.29, 1.82) is 0 Å². The van der Waals surface area contributed by atoms with Crippen LogP contribution >= 0.6 is 0 Å². The van der Waals surface area contributed by atoms with Crippen molar-refractivity contribution >= 4 is 17.6 Å². The van der Waals surface area contributed by atoms with Crippen molar-refractivity contribution in [2.75, 3.05) is 39.0 Å². The molecule has 2 heterocycles. The van der Waals surface area contributed by atoms with Gasteiger partial charge in [-0.2, -0.15) is 0 Å². The highest BCUT2D eigenvalue weighted by Crippen LogP contribution is 2.49. The zero-order chi connectivity index (χ0) is 25.3. The lowest BCUT2D eigenvalue weighted by Crippen LogP contribution is -2.56. The minimum absolute atomic E-state index is 0.0264. The molecule has 5 rings (SSSR count). The topological polar surface area (TPSA) is 68.8 Å². The van der Waals surface area contributed by atoms with E-state index in [1.807, 2.05) is 6.92 Å². The van der Waals surface area contributed by atoms with E-state index in [-0.39, 0.29) is 29.6 Å². The van der Waals surface area contributed by atoms with Gasteiger partial charge in [-0.05, 0) is 82.7 Å². The quantitative estimate of drug-likeness (QED) is 0.615. The number of nitrogens with zero attached hydrogens (tertiary/aromatic N) is 4. The first kappa shape index (κ1) is 24.8. The minimum Gasteiger partial charge on any atom is -0.324 e. The van der Waals surface area contributed by atoms with Crippen LogP contribution in [0.4, 0.5) is 10.5 Å².